The molecule has 1 atom stereocenters. The average Bonchev–Trinajstić information content (AvgIpc) is 2.87. The summed E-state index contributed by atoms with van der Waals surface area (Å²) in [6, 6.07) is 0.272. The molecule has 2 aromatic rings. The molecule has 2 N–H and O–H groups in total. The van der Waals surface area contributed by atoms with Crippen molar-refractivity contribution in [2.75, 3.05) is 0 Å². The Morgan fingerprint density at radius 1 is 1.29 bits per heavy atom. The van der Waals surface area contributed by atoms with Crippen LogP contribution < -0.4 is 5.32 Å². The quantitative estimate of drug-likeness (QED) is 0.904. The molecule has 0 radical (unpaired) electrons. The second-order valence-electron chi connectivity index (χ2n) is 8.80. The van der Waals surface area contributed by atoms with E-state index < -0.39 is 0 Å². The minimum absolute atomic E-state index is 0.0221. The molecule has 2 heterocycles. The first-order valence-electron chi connectivity index (χ1n) is 8.74. The highest BCUT2D eigenvalue weighted by Crippen LogP contribution is 2.40. The molecule has 1 aliphatic rings. The number of aromatic amines is 1. The van der Waals surface area contributed by atoms with E-state index in [9.17, 15) is 0 Å². The molecule has 0 aromatic carbocycles. The summed E-state index contributed by atoms with van der Waals surface area (Å²) in [7, 11) is 0. The van der Waals surface area contributed by atoms with E-state index in [0.717, 1.165) is 36.6 Å². The van der Waals surface area contributed by atoms with Crippen LogP contribution in [0.15, 0.2) is 12.5 Å². The Morgan fingerprint density at radius 3 is 2.67 bits per heavy atom. The average molecular weight is 327 g/mol. The lowest BCUT2D eigenvalue weighted by Crippen LogP contribution is -2.35. The number of nitrogens with zero attached hydrogens (tertiary/aromatic N) is 3. The van der Waals surface area contributed by atoms with Gasteiger partial charge in [0.25, 0.3) is 0 Å². The molecule has 0 spiro atoms. The van der Waals surface area contributed by atoms with Crippen molar-refractivity contribution in [3.05, 3.63) is 41.0 Å². The van der Waals surface area contributed by atoms with Crippen LogP contribution in [0.3, 0.4) is 0 Å². The van der Waals surface area contributed by atoms with Crippen LogP contribution in [0.2, 0.25) is 0 Å². The third-order valence-corrected chi connectivity index (χ3v) is 4.80. The summed E-state index contributed by atoms with van der Waals surface area (Å²) in [6.45, 7) is 14.0. The molecule has 0 saturated carbocycles. The van der Waals surface area contributed by atoms with Gasteiger partial charge in [0.05, 0.1) is 12.0 Å². The Hall–Kier alpha value is -1.75. The van der Waals surface area contributed by atoms with Crippen molar-refractivity contribution in [1.29, 1.82) is 0 Å². The highest BCUT2D eigenvalue weighted by Gasteiger charge is 2.34. The van der Waals surface area contributed by atoms with Gasteiger partial charge in [0.15, 0.2) is 0 Å². The van der Waals surface area contributed by atoms with Crippen LogP contribution in [0.1, 0.15) is 75.6 Å². The van der Waals surface area contributed by atoms with Gasteiger partial charge in [0.2, 0.25) is 0 Å². The van der Waals surface area contributed by atoms with Crippen LogP contribution >= 0.6 is 0 Å². The predicted molar refractivity (Wildman–Crippen MR) is 95.7 cm³/mol. The van der Waals surface area contributed by atoms with Gasteiger partial charge in [-0.3, -0.25) is 0 Å². The van der Waals surface area contributed by atoms with Crippen molar-refractivity contribution in [3.8, 4) is 0 Å². The maximum atomic E-state index is 4.92. The molecule has 24 heavy (non-hydrogen) atoms. The third kappa shape index (κ3) is 3.51. The van der Waals surface area contributed by atoms with Crippen molar-refractivity contribution in [3.63, 3.8) is 0 Å². The first-order chi connectivity index (χ1) is 11.2. The van der Waals surface area contributed by atoms with Gasteiger partial charge in [-0.25, -0.2) is 15.0 Å². The minimum atomic E-state index is -0.0221. The number of H-pyrrole nitrogens is 1. The molecule has 0 unspecified atom stereocenters. The Labute approximate surface area is 144 Å². The predicted octanol–water partition coefficient (Wildman–Crippen LogP) is 3.61. The van der Waals surface area contributed by atoms with E-state index in [4.69, 9.17) is 4.98 Å². The highest BCUT2D eigenvalue weighted by atomic mass is 15.0. The Kier molecular flexibility index (Phi) is 4.24. The van der Waals surface area contributed by atoms with Crippen LogP contribution in [0.4, 0.5) is 0 Å². The fraction of sp³-hybridized carbons (Fsp3) is 0.632. The summed E-state index contributed by atoms with van der Waals surface area (Å²) >= 11 is 0. The van der Waals surface area contributed by atoms with Crippen molar-refractivity contribution in [1.82, 2.24) is 25.3 Å². The lowest BCUT2D eigenvalue weighted by atomic mass is 9.74. The maximum Gasteiger partial charge on any atom is 0.133 e. The number of nitrogens with one attached hydrogen (secondary N) is 2. The van der Waals surface area contributed by atoms with Crippen molar-refractivity contribution in [2.45, 2.75) is 72.4 Å². The molecule has 2 aromatic heterocycles. The number of aromatic nitrogens is 4. The summed E-state index contributed by atoms with van der Waals surface area (Å²) in [6.07, 6.45) is 5.88. The highest BCUT2D eigenvalue weighted by molar-refractivity contribution is 5.28. The van der Waals surface area contributed by atoms with Crippen LogP contribution in [0.5, 0.6) is 0 Å². The smallest absolute Gasteiger partial charge is 0.133 e. The van der Waals surface area contributed by atoms with E-state index in [1.165, 1.54) is 11.3 Å². The van der Waals surface area contributed by atoms with Crippen LogP contribution in [-0.4, -0.2) is 19.9 Å². The lowest BCUT2D eigenvalue weighted by Gasteiger charge is -2.37. The number of imidazole rings is 1. The Morgan fingerprint density at radius 2 is 2.04 bits per heavy atom. The van der Waals surface area contributed by atoms with Crippen molar-refractivity contribution < 1.29 is 0 Å². The van der Waals surface area contributed by atoms with Gasteiger partial charge in [-0.1, -0.05) is 34.6 Å². The zero-order chi connectivity index (χ0) is 17.5. The van der Waals surface area contributed by atoms with Crippen LogP contribution in [0, 0.1) is 12.3 Å². The van der Waals surface area contributed by atoms with E-state index in [0.29, 0.717) is 0 Å². The van der Waals surface area contributed by atoms with E-state index in [1.807, 2.05) is 6.20 Å². The van der Waals surface area contributed by atoms with Gasteiger partial charge in [-0.2, -0.15) is 0 Å². The van der Waals surface area contributed by atoms with Gasteiger partial charge in [-0.15, -0.1) is 0 Å². The molecule has 0 amide bonds. The fourth-order valence-electron chi connectivity index (χ4n) is 3.38. The molecule has 1 aliphatic carbocycles. The molecule has 5 nitrogen and oxygen atoms in total. The van der Waals surface area contributed by atoms with E-state index in [2.05, 4.69) is 61.8 Å². The second kappa shape index (κ2) is 5.96. The number of fused-ring (bicyclic) bond motifs is 1. The number of hydrogen-bond acceptors (Lipinski definition) is 4. The monoisotopic (exact) mass is 327 g/mol. The molecular weight excluding hydrogens is 298 g/mol. The maximum absolute atomic E-state index is 4.92. The summed E-state index contributed by atoms with van der Waals surface area (Å²) in [5.41, 5.74) is 4.85. The molecule has 130 valence electrons. The van der Waals surface area contributed by atoms with Gasteiger partial charge >= 0.3 is 0 Å². The van der Waals surface area contributed by atoms with Gasteiger partial charge in [0, 0.05) is 41.1 Å². The van der Waals surface area contributed by atoms with Crippen LogP contribution in [-0.2, 0) is 18.4 Å². The van der Waals surface area contributed by atoms with E-state index in [1.54, 1.807) is 6.33 Å². The number of rotatable bonds is 3. The molecule has 5 heteroatoms. The van der Waals surface area contributed by atoms with Gasteiger partial charge in [-0.05, 0) is 25.2 Å². The first-order valence-corrected chi connectivity index (χ1v) is 8.74. The number of aryl methyl sites for hydroxylation is 1. The summed E-state index contributed by atoms with van der Waals surface area (Å²) in [5, 5.41) is 3.67. The number of hydrogen-bond donors (Lipinski definition) is 2. The molecule has 0 aliphatic heterocycles. The Bertz CT molecular complexity index is 724. The van der Waals surface area contributed by atoms with E-state index >= 15 is 0 Å². The van der Waals surface area contributed by atoms with Gasteiger partial charge in [0.1, 0.15) is 5.82 Å². The summed E-state index contributed by atoms with van der Waals surface area (Å²) in [4.78, 5) is 17.1. The van der Waals surface area contributed by atoms with Gasteiger partial charge < -0.3 is 10.3 Å². The topological polar surface area (TPSA) is 66.5 Å². The van der Waals surface area contributed by atoms with Crippen LogP contribution in [0.25, 0.3) is 0 Å². The van der Waals surface area contributed by atoms with E-state index in [-0.39, 0.29) is 16.9 Å². The summed E-state index contributed by atoms with van der Waals surface area (Å²) < 4.78 is 0. The molecule has 3 rings (SSSR count). The normalized spacial score (nSPS) is 20.0. The van der Waals surface area contributed by atoms with Crippen molar-refractivity contribution in [2.24, 2.45) is 5.41 Å². The Balaban J connectivity index is 1.87. The molecule has 0 bridgehead atoms. The fourth-order valence-corrected chi connectivity index (χ4v) is 3.38. The molecule has 0 fully saturated rings. The zero-order valence-electron chi connectivity index (χ0n) is 15.7. The third-order valence-electron chi connectivity index (χ3n) is 4.80. The lowest BCUT2D eigenvalue weighted by molar-refractivity contribution is 0.251. The second-order valence-corrected chi connectivity index (χ2v) is 8.80. The SMILES string of the molecule is Cc1[nH]cnc1CN[C@H]1CC(C)(C)Cc2nc(C(C)(C)C)ncc21. The molecular formula is C19H29N5. The first kappa shape index (κ1) is 17.1. The minimum Gasteiger partial charge on any atom is -0.348 e. The zero-order valence-corrected chi connectivity index (χ0v) is 15.7. The summed E-state index contributed by atoms with van der Waals surface area (Å²) in [5.74, 6) is 0.931. The largest absolute Gasteiger partial charge is 0.348 e. The molecule has 0 saturated heterocycles. The van der Waals surface area contributed by atoms with Crippen molar-refractivity contribution >= 4 is 0 Å². The standard InChI is InChI=1S/C19H29N5/c1-12-16(23-11-22-12)10-20-14-7-19(5,6)8-15-13(14)9-21-17(24-15)18(2,3)4/h9,11,14,20H,7-8,10H2,1-6H3,(H,22,23)/t14-/m0/s1.